The minimum atomic E-state index is -0.859. The maximum Gasteiger partial charge on any atom is 0.313 e. The summed E-state index contributed by atoms with van der Waals surface area (Å²) in [5.41, 5.74) is 6.18. The van der Waals surface area contributed by atoms with Gasteiger partial charge in [0.25, 0.3) is 0 Å². The van der Waals surface area contributed by atoms with Gasteiger partial charge in [0.15, 0.2) is 5.16 Å². The normalized spacial score (nSPS) is 22.3. The van der Waals surface area contributed by atoms with Crippen LogP contribution in [0.25, 0.3) is 0 Å². The summed E-state index contributed by atoms with van der Waals surface area (Å²) in [6.45, 7) is 4.51. The van der Waals surface area contributed by atoms with Gasteiger partial charge in [-0.05, 0) is 24.7 Å². The molecule has 1 saturated carbocycles. The molecule has 0 aromatic carbocycles. The molecule has 106 valence electrons. The summed E-state index contributed by atoms with van der Waals surface area (Å²) in [6, 6.07) is 0.273. The first-order valence-electron chi connectivity index (χ1n) is 6.44. The van der Waals surface area contributed by atoms with E-state index in [9.17, 15) is 4.79 Å². The van der Waals surface area contributed by atoms with Gasteiger partial charge in [-0.3, -0.25) is 9.36 Å². The minimum absolute atomic E-state index is 0.0196. The van der Waals surface area contributed by atoms with Gasteiger partial charge in [0.2, 0.25) is 5.95 Å². The lowest BCUT2D eigenvalue weighted by molar-refractivity contribution is -0.133. The first-order chi connectivity index (χ1) is 8.89. The Kier molecular flexibility index (Phi) is 4.03. The van der Waals surface area contributed by atoms with E-state index in [4.69, 9.17) is 10.8 Å². The summed E-state index contributed by atoms with van der Waals surface area (Å²) in [5.74, 6) is -0.494. The van der Waals surface area contributed by atoms with Gasteiger partial charge >= 0.3 is 5.97 Å². The molecule has 1 aromatic heterocycles. The molecule has 1 aliphatic carbocycles. The van der Waals surface area contributed by atoms with Crippen molar-refractivity contribution in [3.63, 3.8) is 0 Å². The first-order valence-corrected chi connectivity index (χ1v) is 7.42. The van der Waals surface area contributed by atoms with E-state index in [0.29, 0.717) is 11.1 Å². The number of nitrogen functional groups attached to an aromatic ring is 1. The lowest BCUT2D eigenvalue weighted by Crippen LogP contribution is -2.26. The smallest absolute Gasteiger partial charge is 0.313 e. The van der Waals surface area contributed by atoms with Crippen molar-refractivity contribution in [2.75, 3.05) is 11.5 Å². The molecule has 2 rings (SSSR count). The number of hydrogen-bond acceptors (Lipinski definition) is 5. The number of carbonyl (C=O) groups is 1. The highest BCUT2D eigenvalue weighted by atomic mass is 32.2. The maximum atomic E-state index is 10.7. The van der Waals surface area contributed by atoms with E-state index in [1.807, 2.05) is 4.57 Å². The number of nitrogens with zero attached hydrogens (tertiary/aromatic N) is 3. The van der Waals surface area contributed by atoms with Crippen LogP contribution in [0, 0.1) is 5.41 Å². The molecule has 1 aliphatic rings. The quantitative estimate of drug-likeness (QED) is 0.823. The predicted octanol–water partition coefficient (Wildman–Crippen LogP) is 2.18. The van der Waals surface area contributed by atoms with E-state index in [-0.39, 0.29) is 17.2 Å². The van der Waals surface area contributed by atoms with Gasteiger partial charge < -0.3 is 10.8 Å². The number of anilines is 1. The van der Waals surface area contributed by atoms with E-state index in [1.165, 1.54) is 18.2 Å². The summed E-state index contributed by atoms with van der Waals surface area (Å²) in [6.07, 6.45) is 4.43. The van der Waals surface area contributed by atoms with Gasteiger partial charge in [-0.2, -0.15) is 0 Å². The summed E-state index contributed by atoms with van der Waals surface area (Å²) in [4.78, 5) is 10.7. The van der Waals surface area contributed by atoms with Gasteiger partial charge in [-0.1, -0.05) is 32.0 Å². The second kappa shape index (κ2) is 5.40. The summed E-state index contributed by atoms with van der Waals surface area (Å²) in [5, 5.41) is 17.3. The minimum Gasteiger partial charge on any atom is -0.481 e. The molecule has 0 saturated heterocycles. The second-order valence-corrected chi connectivity index (χ2v) is 6.75. The van der Waals surface area contributed by atoms with E-state index < -0.39 is 5.97 Å². The van der Waals surface area contributed by atoms with Crippen LogP contribution in [0.15, 0.2) is 5.16 Å². The molecule has 1 unspecified atom stereocenters. The fourth-order valence-electron chi connectivity index (χ4n) is 2.73. The highest BCUT2D eigenvalue weighted by Crippen LogP contribution is 2.42. The zero-order chi connectivity index (χ0) is 14.0. The standard InChI is InChI=1S/C12H20N4O2S/c1-12(2)5-3-4-8(6-12)16-10(13)14-15-11(16)19-7-9(17)18/h8H,3-7H2,1-2H3,(H2,13,14)(H,17,18). The van der Waals surface area contributed by atoms with Gasteiger partial charge in [-0.25, -0.2) is 0 Å². The third kappa shape index (κ3) is 3.40. The fraction of sp³-hybridized carbons (Fsp3) is 0.750. The maximum absolute atomic E-state index is 10.7. The number of aliphatic carboxylic acids is 1. The number of carboxylic acid groups (broad SMARTS) is 1. The predicted molar refractivity (Wildman–Crippen MR) is 74.1 cm³/mol. The van der Waals surface area contributed by atoms with Crippen molar-refractivity contribution in [2.24, 2.45) is 5.41 Å². The molecule has 0 amide bonds. The number of thioether (sulfide) groups is 1. The largest absolute Gasteiger partial charge is 0.481 e. The average molecular weight is 284 g/mol. The van der Waals surface area contributed by atoms with Crippen molar-refractivity contribution < 1.29 is 9.90 Å². The Morgan fingerprint density at radius 3 is 2.95 bits per heavy atom. The average Bonchev–Trinajstić information content (AvgIpc) is 2.66. The Bertz CT molecular complexity index is 472. The molecule has 19 heavy (non-hydrogen) atoms. The highest BCUT2D eigenvalue weighted by molar-refractivity contribution is 7.99. The van der Waals surface area contributed by atoms with Gasteiger partial charge in [-0.15, -0.1) is 10.2 Å². The molecule has 0 aliphatic heterocycles. The van der Waals surface area contributed by atoms with Crippen molar-refractivity contribution in [1.29, 1.82) is 0 Å². The van der Waals surface area contributed by atoms with E-state index in [2.05, 4.69) is 24.0 Å². The van der Waals surface area contributed by atoms with E-state index in [0.717, 1.165) is 19.3 Å². The lowest BCUT2D eigenvalue weighted by atomic mass is 9.75. The number of nitrogens with two attached hydrogens (primary N) is 1. The Balaban J connectivity index is 2.18. The van der Waals surface area contributed by atoms with Gasteiger partial charge in [0, 0.05) is 6.04 Å². The molecule has 7 heteroatoms. The Morgan fingerprint density at radius 2 is 2.32 bits per heavy atom. The van der Waals surface area contributed by atoms with Crippen molar-refractivity contribution in [1.82, 2.24) is 14.8 Å². The Hall–Kier alpha value is -1.24. The van der Waals surface area contributed by atoms with E-state index >= 15 is 0 Å². The molecule has 0 radical (unpaired) electrons. The summed E-state index contributed by atoms with van der Waals surface area (Å²) in [7, 11) is 0. The van der Waals surface area contributed by atoms with Crippen LogP contribution >= 0.6 is 11.8 Å². The SMILES string of the molecule is CC1(C)CCCC(n2c(N)nnc2SCC(=O)O)C1. The monoisotopic (exact) mass is 284 g/mol. The Morgan fingerprint density at radius 1 is 1.58 bits per heavy atom. The van der Waals surface area contributed by atoms with Crippen molar-refractivity contribution >= 4 is 23.7 Å². The number of carboxylic acids is 1. The summed E-state index contributed by atoms with van der Waals surface area (Å²) >= 11 is 1.18. The Labute approximate surface area is 116 Å². The third-order valence-corrected chi connectivity index (χ3v) is 4.49. The van der Waals surface area contributed by atoms with Crippen LogP contribution < -0.4 is 5.73 Å². The van der Waals surface area contributed by atoms with Crippen LogP contribution in [0.4, 0.5) is 5.95 Å². The van der Waals surface area contributed by atoms with Crippen LogP contribution in [-0.4, -0.2) is 31.6 Å². The van der Waals surface area contributed by atoms with Crippen LogP contribution in [0.5, 0.6) is 0 Å². The second-order valence-electron chi connectivity index (χ2n) is 5.81. The van der Waals surface area contributed by atoms with Crippen molar-refractivity contribution in [2.45, 2.75) is 50.7 Å². The number of rotatable bonds is 4. The van der Waals surface area contributed by atoms with E-state index in [1.54, 1.807) is 0 Å². The van der Waals surface area contributed by atoms with Crippen LogP contribution in [0.3, 0.4) is 0 Å². The molecule has 1 fully saturated rings. The lowest BCUT2D eigenvalue weighted by Gasteiger charge is -2.36. The summed E-state index contributed by atoms with van der Waals surface area (Å²) < 4.78 is 1.91. The zero-order valence-electron chi connectivity index (χ0n) is 11.3. The first kappa shape index (κ1) is 14.2. The van der Waals surface area contributed by atoms with Gasteiger partial charge in [0.05, 0.1) is 5.75 Å². The number of hydrogen-bond donors (Lipinski definition) is 2. The van der Waals surface area contributed by atoms with Crippen molar-refractivity contribution in [3.8, 4) is 0 Å². The molecule has 1 atom stereocenters. The molecular weight excluding hydrogens is 264 g/mol. The molecule has 0 bridgehead atoms. The topological polar surface area (TPSA) is 94.0 Å². The van der Waals surface area contributed by atoms with Crippen LogP contribution in [-0.2, 0) is 4.79 Å². The fourth-order valence-corrected chi connectivity index (χ4v) is 3.47. The number of aromatic nitrogens is 3. The van der Waals surface area contributed by atoms with Gasteiger partial charge in [0.1, 0.15) is 0 Å². The third-order valence-electron chi connectivity index (χ3n) is 3.56. The molecule has 0 spiro atoms. The molecular formula is C12H20N4O2S. The molecule has 1 heterocycles. The zero-order valence-corrected chi connectivity index (χ0v) is 12.1. The van der Waals surface area contributed by atoms with Crippen LogP contribution in [0.2, 0.25) is 0 Å². The highest BCUT2D eigenvalue weighted by Gasteiger charge is 2.31. The van der Waals surface area contributed by atoms with Crippen molar-refractivity contribution in [3.05, 3.63) is 0 Å². The molecule has 6 nitrogen and oxygen atoms in total. The molecule has 3 N–H and O–H groups in total. The van der Waals surface area contributed by atoms with Crippen LogP contribution in [0.1, 0.15) is 45.6 Å². The molecule has 1 aromatic rings.